The Morgan fingerprint density at radius 3 is 2.33 bits per heavy atom. The van der Waals surface area contributed by atoms with E-state index in [9.17, 15) is 4.79 Å². The number of hydrogen-bond acceptors (Lipinski definition) is 4. The average Bonchev–Trinajstić information content (AvgIpc) is 2.67. The van der Waals surface area contributed by atoms with E-state index in [4.69, 9.17) is 31.7 Å². The van der Waals surface area contributed by atoms with Crippen LogP contribution in [-0.2, 0) is 20.5 Å². The summed E-state index contributed by atoms with van der Waals surface area (Å²) in [5.74, 6) is -0.917. The Kier molecular flexibility index (Phi) is 5.45. The molecule has 0 bridgehead atoms. The lowest BCUT2D eigenvalue weighted by molar-refractivity contribution is -0.136. The minimum absolute atomic E-state index is 0.107. The molecule has 0 saturated carbocycles. The average molecular weight is 352 g/mol. The molecule has 0 amide bonds. The Hall–Kier alpha value is -1.34. The maximum Gasteiger partial charge on any atom is 0.491 e. The van der Waals surface area contributed by atoms with Gasteiger partial charge in [-0.15, -0.1) is 0 Å². The minimum Gasteiger partial charge on any atom is -0.481 e. The smallest absolute Gasteiger partial charge is 0.481 e. The minimum atomic E-state index is -0.917. The van der Waals surface area contributed by atoms with Crippen LogP contribution in [0.15, 0.2) is 23.7 Å². The standard InChI is InChI=1S/C17H23BClNO4/c1-16(2)17(3,4)24-18(23-16)13(10-20)7-11-5-6-12(9-15(21)22)14(19)8-11/h5-8H,9-10,20H2,1-4H3,(H,21,22). The monoisotopic (exact) mass is 351 g/mol. The van der Waals surface area contributed by atoms with E-state index < -0.39 is 24.3 Å². The highest BCUT2D eigenvalue weighted by molar-refractivity contribution is 6.55. The van der Waals surface area contributed by atoms with Gasteiger partial charge in [-0.1, -0.05) is 29.8 Å². The Morgan fingerprint density at radius 1 is 1.29 bits per heavy atom. The highest BCUT2D eigenvalue weighted by Gasteiger charge is 2.52. The molecule has 1 aromatic carbocycles. The molecule has 5 nitrogen and oxygen atoms in total. The van der Waals surface area contributed by atoms with Crippen LogP contribution >= 0.6 is 11.6 Å². The summed E-state index contributed by atoms with van der Waals surface area (Å²) in [5.41, 5.74) is 7.20. The second-order valence-corrected chi connectivity index (χ2v) is 7.34. The van der Waals surface area contributed by atoms with Crippen LogP contribution in [0.4, 0.5) is 0 Å². The van der Waals surface area contributed by atoms with Crippen LogP contribution in [0.1, 0.15) is 38.8 Å². The molecular formula is C17H23BClNO4. The molecule has 1 heterocycles. The van der Waals surface area contributed by atoms with Gasteiger partial charge in [-0.2, -0.15) is 0 Å². The third-order valence-corrected chi connectivity index (χ3v) is 4.91. The fourth-order valence-corrected chi connectivity index (χ4v) is 2.65. The van der Waals surface area contributed by atoms with Crippen LogP contribution in [0.5, 0.6) is 0 Å². The second kappa shape index (κ2) is 6.88. The molecule has 0 aliphatic carbocycles. The quantitative estimate of drug-likeness (QED) is 0.797. The van der Waals surface area contributed by atoms with Crippen molar-refractivity contribution in [2.75, 3.05) is 6.54 Å². The summed E-state index contributed by atoms with van der Waals surface area (Å²) in [7, 11) is -0.516. The number of halogens is 1. The third kappa shape index (κ3) is 4.01. The lowest BCUT2D eigenvalue weighted by Gasteiger charge is -2.32. The van der Waals surface area contributed by atoms with E-state index in [0.29, 0.717) is 10.6 Å². The van der Waals surface area contributed by atoms with Crippen LogP contribution in [0.2, 0.25) is 5.02 Å². The molecule has 2 rings (SSSR count). The predicted molar refractivity (Wildman–Crippen MR) is 95.9 cm³/mol. The predicted octanol–water partition coefficient (Wildman–Crippen LogP) is 2.94. The largest absolute Gasteiger partial charge is 0.491 e. The molecule has 1 aliphatic heterocycles. The summed E-state index contributed by atoms with van der Waals surface area (Å²) < 4.78 is 12.0. The van der Waals surface area contributed by atoms with Gasteiger partial charge in [0.05, 0.1) is 17.6 Å². The van der Waals surface area contributed by atoms with Crippen molar-refractivity contribution in [3.8, 4) is 0 Å². The van der Waals surface area contributed by atoms with Gasteiger partial charge < -0.3 is 20.1 Å². The van der Waals surface area contributed by atoms with Crippen molar-refractivity contribution < 1.29 is 19.2 Å². The van der Waals surface area contributed by atoms with Gasteiger partial charge in [-0.3, -0.25) is 4.79 Å². The molecule has 3 N–H and O–H groups in total. The van der Waals surface area contributed by atoms with Crippen LogP contribution in [-0.4, -0.2) is 35.9 Å². The molecule has 1 fully saturated rings. The van der Waals surface area contributed by atoms with Crippen LogP contribution in [0, 0.1) is 0 Å². The molecule has 0 spiro atoms. The van der Waals surface area contributed by atoms with Gasteiger partial charge in [0, 0.05) is 11.6 Å². The second-order valence-electron chi connectivity index (χ2n) is 6.93. The Morgan fingerprint density at radius 2 is 1.88 bits per heavy atom. The molecule has 1 aromatic rings. The van der Waals surface area contributed by atoms with Crippen LogP contribution < -0.4 is 5.73 Å². The summed E-state index contributed by atoms with van der Waals surface area (Å²) in [5, 5.41) is 9.28. The van der Waals surface area contributed by atoms with Gasteiger partial charge in [0.25, 0.3) is 0 Å². The van der Waals surface area contributed by atoms with E-state index in [1.165, 1.54) is 0 Å². The van der Waals surface area contributed by atoms with Gasteiger partial charge in [-0.25, -0.2) is 0 Å². The van der Waals surface area contributed by atoms with Crippen molar-refractivity contribution in [1.82, 2.24) is 0 Å². The topological polar surface area (TPSA) is 81.8 Å². The molecule has 0 aromatic heterocycles. The first-order valence-electron chi connectivity index (χ1n) is 7.82. The van der Waals surface area contributed by atoms with E-state index in [-0.39, 0.29) is 13.0 Å². The van der Waals surface area contributed by atoms with Crippen molar-refractivity contribution >= 4 is 30.8 Å². The number of carboxylic acids is 1. The summed E-state index contributed by atoms with van der Waals surface area (Å²) >= 11 is 6.16. The Labute approximate surface area is 147 Å². The van der Waals surface area contributed by atoms with Crippen molar-refractivity contribution in [3.63, 3.8) is 0 Å². The van der Waals surface area contributed by atoms with E-state index in [1.807, 2.05) is 39.8 Å². The SMILES string of the molecule is CC1(C)OB(C(=Cc2ccc(CC(=O)O)c(Cl)c2)CN)OC1(C)C. The van der Waals surface area contributed by atoms with Crippen molar-refractivity contribution in [3.05, 3.63) is 39.8 Å². The molecular weight excluding hydrogens is 328 g/mol. The number of nitrogens with two attached hydrogens (primary N) is 1. The van der Waals surface area contributed by atoms with Gasteiger partial charge >= 0.3 is 13.1 Å². The zero-order valence-electron chi connectivity index (χ0n) is 14.4. The van der Waals surface area contributed by atoms with Gasteiger partial charge in [0.15, 0.2) is 0 Å². The molecule has 7 heteroatoms. The molecule has 1 aliphatic rings. The molecule has 0 atom stereocenters. The molecule has 0 radical (unpaired) electrons. The number of benzene rings is 1. The van der Waals surface area contributed by atoms with E-state index in [2.05, 4.69) is 0 Å². The first-order valence-corrected chi connectivity index (χ1v) is 8.20. The fraction of sp³-hybridized carbons (Fsp3) is 0.471. The summed E-state index contributed by atoms with van der Waals surface area (Å²) in [6, 6.07) is 5.24. The molecule has 24 heavy (non-hydrogen) atoms. The lowest BCUT2D eigenvalue weighted by atomic mass is 9.77. The zero-order valence-corrected chi connectivity index (χ0v) is 15.2. The third-order valence-electron chi connectivity index (χ3n) is 4.56. The van der Waals surface area contributed by atoms with E-state index >= 15 is 0 Å². The van der Waals surface area contributed by atoms with Crippen molar-refractivity contribution in [2.45, 2.75) is 45.3 Å². The summed E-state index contributed by atoms with van der Waals surface area (Å²) in [4.78, 5) is 10.8. The van der Waals surface area contributed by atoms with Gasteiger partial charge in [0.1, 0.15) is 0 Å². The molecule has 130 valence electrons. The molecule has 1 saturated heterocycles. The highest BCUT2D eigenvalue weighted by atomic mass is 35.5. The van der Waals surface area contributed by atoms with Gasteiger partial charge in [0.2, 0.25) is 0 Å². The number of rotatable bonds is 5. The van der Waals surface area contributed by atoms with Crippen LogP contribution in [0.3, 0.4) is 0 Å². The number of aliphatic carboxylic acids is 1. The van der Waals surface area contributed by atoms with E-state index in [1.54, 1.807) is 12.1 Å². The number of carboxylic acid groups (broad SMARTS) is 1. The Balaban J connectivity index is 2.25. The van der Waals surface area contributed by atoms with Crippen molar-refractivity contribution in [2.24, 2.45) is 5.73 Å². The highest BCUT2D eigenvalue weighted by Crippen LogP contribution is 2.38. The first kappa shape index (κ1) is 19.0. The van der Waals surface area contributed by atoms with Crippen molar-refractivity contribution in [1.29, 1.82) is 0 Å². The van der Waals surface area contributed by atoms with Gasteiger partial charge in [-0.05, 0) is 50.4 Å². The van der Waals surface area contributed by atoms with Crippen LogP contribution in [0.25, 0.3) is 6.08 Å². The van der Waals surface area contributed by atoms with E-state index in [0.717, 1.165) is 11.0 Å². The first-order chi connectivity index (χ1) is 11.1. The maximum atomic E-state index is 10.8. The number of carbonyl (C=O) groups is 1. The number of hydrogen-bond donors (Lipinski definition) is 2. The zero-order chi connectivity index (χ0) is 18.1. The maximum absolute atomic E-state index is 10.8. The Bertz CT molecular complexity index is 657. The lowest BCUT2D eigenvalue weighted by Crippen LogP contribution is -2.41. The summed E-state index contributed by atoms with van der Waals surface area (Å²) in [6.45, 7) is 8.22. The fourth-order valence-electron chi connectivity index (χ4n) is 2.39. The summed E-state index contributed by atoms with van der Waals surface area (Å²) in [6.07, 6.45) is 1.77. The normalized spacial score (nSPS) is 19.6. The molecule has 0 unspecified atom stereocenters.